The van der Waals surface area contributed by atoms with Gasteiger partial charge in [-0.1, -0.05) is 0 Å². The van der Waals surface area contributed by atoms with E-state index in [-0.39, 0.29) is 17.0 Å². The zero-order valence-electron chi connectivity index (χ0n) is 9.35. The summed E-state index contributed by atoms with van der Waals surface area (Å²) in [5.74, 6) is -0.529. The summed E-state index contributed by atoms with van der Waals surface area (Å²) < 4.78 is 18.0. The Hall–Kier alpha value is -1.91. The van der Waals surface area contributed by atoms with Crippen LogP contribution >= 0.6 is 0 Å². The maximum Gasteiger partial charge on any atom is 0.411 e. The molecule has 0 radical (unpaired) electrons. The summed E-state index contributed by atoms with van der Waals surface area (Å²) in [5, 5.41) is 9.84. The molecule has 1 aromatic carbocycles. The molecular formula is C11H13FN2O2. The molecule has 5 heteroatoms. The number of carbonyl (C=O) groups is 1. The van der Waals surface area contributed by atoms with Gasteiger partial charge in [-0.3, -0.25) is 5.32 Å². The molecule has 0 aliphatic carbocycles. The van der Waals surface area contributed by atoms with E-state index in [0.29, 0.717) is 5.56 Å². The maximum absolute atomic E-state index is 13.6. The highest BCUT2D eigenvalue weighted by Gasteiger charge is 2.14. The van der Waals surface area contributed by atoms with Gasteiger partial charge in [-0.25, -0.2) is 9.18 Å². The van der Waals surface area contributed by atoms with Gasteiger partial charge < -0.3 is 10.1 Å². The molecule has 0 aromatic heterocycles. The molecule has 1 amide bonds. The molecule has 0 unspecified atom stereocenters. The van der Waals surface area contributed by atoms with Crippen LogP contribution in [0, 0.1) is 18.2 Å². The summed E-state index contributed by atoms with van der Waals surface area (Å²) in [6.45, 7) is 3.16. The largest absolute Gasteiger partial charge is 0.453 e. The Labute approximate surface area is 92.9 Å². The monoisotopic (exact) mass is 224 g/mol. The molecular weight excluding hydrogens is 211 g/mol. The Bertz CT molecular complexity index is 444. The molecule has 86 valence electrons. The van der Waals surface area contributed by atoms with Crippen LogP contribution in [0.25, 0.3) is 0 Å². The Balaban J connectivity index is 3.24. The van der Waals surface area contributed by atoms with E-state index < -0.39 is 11.9 Å². The first-order chi connectivity index (χ1) is 7.45. The number of halogens is 1. The Morgan fingerprint density at radius 3 is 2.62 bits per heavy atom. The standard InChI is InChI=1S/C11H13FN2O2/c1-6-4-8(12)10(7(2)13)9(5-6)14-11(15)16-3/h4-5,13H,1-3H3,(H,14,15). The van der Waals surface area contributed by atoms with Gasteiger partial charge in [0.1, 0.15) is 5.82 Å². The average Bonchev–Trinajstić information content (AvgIpc) is 2.15. The normalized spacial score (nSPS) is 9.75. The van der Waals surface area contributed by atoms with Crippen molar-refractivity contribution in [1.29, 1.82) is 5.41 Å². The zero-order chi connectivity index (χ0) is 12.3. The smallest absolute Gasteiger partial charge is 0.411 e. The minimum atomic E-state index is -0.687. The molecule has 1 rings (SSSR count). The van der Waals surface area contributed by atoms with Crippen molar-refractivity contribution in [3.8, 4) is 0 Å². The van der Waals surface area contributed by atoms with Crippen molar-refractivity contribution in [2.75, 3.05) is 12.4 Å². The molecule has 0 fully saturated rings. The molecule has 0 bridgehead atoms. The van der Waals surface area contributed by atoms with Crippen molar-refractivity contribution in [2.24, 2.45) is 0 Å². The van der Waals surface area contributed by atoms with Crippen molar-refractivity contribution in [3.63, 3.8) is 0 Å². The lowest BCUT2D eigenvalue weighted by atomic mass is 10.1. The van der Waals surface area contributed by atoms with Gasteiger partial charge >= 0.3 is 6.09 Å². The first-order valence-corrected chi connectivity index (χ1v) is 4.66. The molecule has 1 aromatic rings. The summed E-state index contributed by atoms with van der Waals surface area (Å²) in [4.78, 5) is 11.1. The quantitative estimate of drug-likeness (QED) is 0.758. The minimum absolute atomic E-state index is 0.0453. The molecule has 0 aliphatic heterocycles. The van der Waals surface area contributed by atoms with Crippen LogP contribution < -0.4 is 5.32 Å². The van der Waals surface area contributed by atoms with Crippen molar-refractivity contribution in [2.45, 2.75) is 13.8 Å². The van der Waals surface area contributed by atoms with Gasteiger partial charge in [0.25, 0.3) is 0 Å². The summed E-state index contributed by atoms with van der Waals surface area (Å²) in [5.41, 5.74) is 1.03. The number of nitrogens with one attached hydrogen (secondary N) is 2. The topological polar surface area (TPSA) is 62.2 Å². The molecule has 0 spiro atoms. The summed E-state index contributed by atoms with van der Waals surface area (Å²) in [6.07, 6.45) is -0.687. The maximum atomic E-state index is 13.6. The Morgan fingerprint density at radius 1 is 1.50 bits per heavy atom. The highest BCUT2D eigenvalue weighted by Crippen LogP contribution is 2.22. The predicted molar refractivity (Wildman–Crippen MR) is 59.7 cm³/mol. The van der Waals surface area contributed by atoms with E-state index in [0.717, 1.165) is 0 Å². The van der Waals surface area contributed by atoms with E-state index >= 15 is 0 Å². The average molecular weight is 224 g/mol. The number of amides is 1. The second-order valence-corrected chi connectivity index (χ2v) is 3.41. The van der Waals surface area contributed by atoms with Gasteiger partial charge in [0.05, 0.1) is 18.4 Å². The van der Waals surface area contributed by atoms with E-state index in [1.165, 1.54) is 20.1 Å². The molecule has 4 nitrogen and oxygen atoms in total. The lowest BCUT2D eigenvalue weighted by Gasteiger charge is -2.11. The van der Waals surface area contributed by atoms with Gasteiger partial charge in [0, 0.05) is 5.71 Å². The number of rotatable bonds is 2. The third-order valence-electron chi connectivity index (χ3n) is 2.03. The zero-order valence-corrected chi connectivity index (χ0v) is 9.35. The lowest BCUT2D eigenvalue weighted by molar-refractivity contribution is 0.187. The highest BCUT2D eigenvalue weighted by atomic mass is 19.1. The Morgan fingerprint density at radius 2 is 2.12 bits per heavy atom. The van der Waals surface area contributed by atoms with Crippen molar-refractivity contribution >= 4 is 17.5 Å². The van der Waals surface area contributed by atoms with Crippen molar-refractivity contribution in [3.05, 3.63) is 29.1 Å². The molecule has 0 atom stereocenters. The van der Waals surface area contributed by atoms with Crippen LogP contribution in [-0.4, -0.2) is 18.9 Å². The fourth-order valence-corrected chi connectivity index (χ4v) is 1.38. The van der Waals surface area contributed by atoms with Gasteiger partial charge in [-0.05, 0) is 31.5 Å². The number of methoxy groups -OCH3 is 1. The van der Waals surface area contributed by atoms with Crippen molar-refractivity contribution in [1.82, 2.24) is 0 Å². The summed E-state index contributed by atoms with van der Waals surface area (Å²) >= 11 is 0. The summed E-state index contributed by atoms with van der Waals surface area (Å²) in [6, 6.07) is 2.91. The molecule has 0 aliphatic rings. The number of hydrogen-bond acceptors (Lipinski definition) is 3. The SMILES string of the molecule is COC(=O)Nc1cc(C)cc(F)c1C(C)=N. The van der Waals surface area contributed by atoms with Crippen LogP contribution in [0.4, 0.5) is 14.9 Å². The van der Waals surface area contributed by atoms with Gasteiger partial charge in [0.15, 0.2) is 0 Å². The molecule has 0 saturated carbocycles. The third kappa shape index (κ3) is 2.56. The number of carbonyl (C=O) groups excluding carboxylic acids is 1. The number of aryl methyl sites for hydroxylation is 1. The predicted octanol–water partition coefficient (Wildman–Crippen LogP) is 2.70. The van der Waals surface area contributed by atoms with Gasteiger partial charge in [-0.2, -0.15) is 0 Å². The number of ether oxygens (including phenoxy) is 1. The van der Waals surface area contributed by atoms with E-state index in [2.05, 4.69) is 10.1 Å². The van der Waals surface area contributed by atoms with Crippen LogP contribution in [-0.2, 0) is 4.74 Å². The minimum Gasteiger partial charge on any atom is -0.453 e. The number of hydrogen-bond donors (Lipinski definition) is 2. The number of anilines is 1. The van der Waals surface area contributed by atoms with Gasteiger partial charge in [0.2, 0.25) is 0 Å². The van der Waals surface area contributed by atoms with Gasteiger partial charge in [-0.15, -0.1) is 0 Å². The third-order valence-corrected chi connectivity index (χ3v) is 2.03. The van der Waals surface area contributed by atoms with E-state index in [1.807, 2.05) is 0 Å². The Kier molecular flexibility index (Phi) is 3.60. The molecule has 0 heterocycles. The number of benzene rings is 1. The first-order valence-electron chi connectivity index (χ1n) is 4.66. The fraction of sp³-hybridized carbons (Fsp3) is 0.273. The van der Waals surface area contributed by atoms with E-state index in [4.69, 9.17) is 5.41 Å². The van der Waals surface area contributed by atoms with E-state index in [9.17, 15) is 9.18 Å². The van der Waals surface area contributed by atoms with Crippen LogP contribution in [0.2, 0.25) is 0 Å². The first kappa shape index (κ1) is 12.2. The molecule has 16 heavy (non-hydrogen) atoms. The van der Waals surface area contributed by atoms with E-state index in [1.54, 1.807) is 13.0 Å². The molecule has 0 saturated heterocycles. The van der Waals surface area contributed by atoms with Crippen LogP contribution in [0.3, 0.4) is 0 Å². The summed E-state index contributed by atoms with van der Waals surface area (Å²) in [7, 11) is 1.22. The second kappa shape index (κ2) is 4.74. The van der Waals surface area contributed by atoms with Crippen LogP contribution in [0.1, 0.15) is 18.1 Å². The van der Waals surface area contributed by atoms with Crippen LogP contribution in [0.15, 0.2) is 12.1 Å². The highest BCUT2D eigenvalue weighted by molar-refractivity contribution is 6.04. The lowest BCUT2D eigenvalue weighted by Crippen LogP contribution is -2.15. The fourth-order valence-electron chi connectivity index (χ4n) is 1.38. The van der Waals surface area contributed by atoms with Crippen molar-refractivity contribution < 1.29 is 13.9 Å². The molecule has 2 N–H and O–H groups in total. The van der Waals surface area contributed by atoms with Crippen LogP contribution in [0.5, 0.6) is 0 Å². The second-order valence-electron chi connectivity index (χ2n) is 3.41.